The summed E-state index contributed by atoms with van der Waals surface area (Å²) in [5.41, 5.74) is 1.31. The van der Waals surface area contributed by atoms with Crippen LogP contribution in [0.4, 0.5) is 0 Å². The van der Waals surface area contributed by atoms with Gasteiger partial charge in [-0.2, -0.15) is 0 Å². The van der Waals surface area contributed by atoms with E-state index in [2.05, 4.69) is 40.2 Å². The highest BCUT2D eigenvalue weighted by atomic mass is 79.9. The molecular weight excluding hydrogens is 256 g/mol. The summed E-state index contributed by atoms with van der Waals surface area (Å²) in [6, 6.07) is 10.4. The molecule has 0 aromatic heterocycles. The van der Waals surface area contributed by atoms with Gasteiger partial charge in [-0.05, 0) is 5.56 Å². The van der Waals surface area contributed by atoms with Crippen LogP contribution in [-0.4, -0.2) is 32.3 Å². The maximum Gasteiger partial charge on any atom is 0.0700 e. The smallest absolute Gasteiger partial charge is 0.0700 e. The van der Waals surface area contributed by atoms with E-state index in [0.717, 1.165) is 11.9 Å². The van der Waals surface area contributed by atoms with Crippen molar-refractivity contribution >= 4 is 15.9 Å². The predicted molar refractivity (Wildman–Crippen MR) is 65.7 cm³/mol. The van der Waals surface area contributed by atoms with E-state index >= 15 is 0 Å². The van der Waals surface area contributed by atoms with Crippen LogP contribution in [0.2, 0.25) is 0 Å². The highest BCUT2D eigenvalue weighted by molar-refractivity contribution is 9.09. The fourth-order valence-corrected chi connectivity index (χ4v) is 1.88. The molecule has 1 unspecified atom stereocenters. The van der Waals surface area contributed by atoms with Crippen molar-refractivity contribution in [2.75, 3.05) is 32.3 Å². The fraction of sp³-hybridized carbons (Fsp3) is 0.500. The van der Waals surface area contributed by atoms with Crippen LogP contribution in [0.25, 0.3) is 0 Å². The van der Waals surface area contributed by atoms with Gasteiger partial charge in [0.1, 0.15) is 0 Å². The van der Waals surface area contributed by atoms with Crippen molar-refractivity contribution in [3.63, 3.8) is 0 Å². The molecule has 0 spiro atoms. The number of halogens is 1. The first-order valence-electron chi connectivity index (χ1n) is 5.06. The van der Waals surface area contributed by atoms with Crippen LogP contribution in [0.1, 0.15) is 11.5 Å². The van der Waals surface area contributed by atoms with Crippen LogP contribution in [0.5, 0.6) is 0 Å². The molecule has 2 nitrogen and oxygen atoms in total. The lowest BCUT2D eigenvalue weighted by Gasteiger charge is -2.14. The first kappa shape index (κ1) is 12.7. The van der Waals surface area contributed by atoms with E-state index < -0.39 is 0 Å². The lowest BCUT2D eigenvalue weighted by Crippen LogP contribution is -2.12. The summed E-state index contributed by atoms with van der Waals surface area (Å²) < 4.78 is 10.5. The SMILES string of the molecule is COCCOCC(CBr)c1ccccc1. The van der Waals surface area contributed by atoms with E-state index in [1.165, 1.54) is 5.56 Å². The Bertz CT molecular complexity index is 251. The minimum Gasteiger partial charge on any atom is -0.382 e. The number of methoxy groups -OCH3 is 1. The van der Waals surface area contributed by atoms with Gasteiger partial charge in [0.25, 0.3) is 0 Å². The van der Waals surface area contributed by atoms with Gasteiger partial charge >= 0.3 is 0 Å². The van der Waals surface area contributed by atoms with E-state index in [9.17, 15) is 0 Å². The zero-order chi connectivity index (χ0) is 10.9. The van der Waals surface area contributed by atoms with E-state index in [1.807, 2.05) is 6.07 Å². The molecule has 3 heteroatoms. The van der Waals surface area contributed by atoms with E-state index in [0.29, 0.717) is 19.1 Å². The molecule has 0 heterocycles. The maximum absolute atomic E-state index is 5.53. The van der Waals surface area contributed by atoms with Crippen LogP contribution in [0.15, 0.2) is 30.3 Å². The Balaban J connectivity index is 2.36. The molecule has 1 rings (SSSR count). The third-order valence-corrected chi connectivity index (χ3v) is 2.99. The Hall–Kier alpha value is -0.380. The van der Waals surface area contributed by atoms with Gasteiger partial charge in [0.2, 0.25) is 0 Å². The van der Waals surface area contributed by atoms with Crippen LogP contribution < -0.4 is 0 Å². The molecule has 0 N–H and O–H groups in total. The van der Waals surface area contributed by atoms with Crippen LogP contribution in [0, 0.1) is 0 Å². The Morgan fingerprint density at radius 2 is 1.93 bits per heavy atom. The largest absolute Gasteiger partial charge is 0.382 e. The van der Waals surface area contributed by atoms with Gasteiger partial charge in [0.15, 0.2) is 0 Å². The summed E-state index contributed by atoms with van der Waals surface area (Å²) in [6.45, 7) is 2.05. The molecule has 0 saturated carbocycles. The quantitative estimate of drug-likeness (QED) is 0.562. The van der Waals surface area contributed by atoms with Gasteiger partial charge in [-0.3, -0.25) is 0 Å². The van der Waals surface area contributed by atoms with Gasteiger partial charge in [-0.15, -0.1) is 0 Å². The summed E-state index contributed by atoms with van der Waals surface area (Å²) in [4.78, 5) is 0. The van der Waals surface area contributed by atoms with Crippen LogP contribution >= 0.6 is 15.9 Å². The Morgan fingerprint density at radius 3 is 2.53 bits per heavy atom. The first-order valence-corrected chi connectivity index (χ1v) is 6.18. The number of alkyl halides is 1. The molecule has 0 aliphatic rings. The molecule has 0 aliphatic carbocycles. The number of hydrogen-bond donors (Lipinski definition) is 0. The highest BCUT2D eigenvalue weighted by Gasteiger charge is 2.09. The lowest BCUT2D eigenvalue weighted by molar-refractivity contribution is 0.0655. The Labute approximate surface area is 99.7 Å². The number of ether oxygens (including phenoxy) is 2. The van der Waals surface area contributed by atoms with E-state index in [-0.39, 0.29) is 0 Å². The minimum absolute atomic E-state index is 0.419. The van der Waals surface area contributed by atoms with E-state index in [1.54, 1.807) is 7.11 Å². The third kappa shape index (κ3) is 4.78. The molecular formula is C12H17BrO2. The van der Waals surface area contributed by atoms with Crippen molar-refractivity contribution in [3.05, 3.63) is 35.9 Å². The van der Waals surface area contributed by atoms with Crippen LogP contribution in [-0.2, 0) is 9.47 Å². The molecule has 1 atom stereocenters. The van der Waals surface area contributed by atoms with Gasteiger partial charge in [-0.1, -0.05) is 46.3 Å². The predicted octanol–water partition coefficient (Wildman–Crippen LogP) is 2.83. The fourth-order valence-electron chi connectivity index (χ4n) is 1.32. The second-order valence-electron chi connectivity index (χ2n) is 3.33. The zero-order valence-electron chi connectivity index (χ0n) is 8.99. The third-order valence-electron chi connectivity index (χ3n) is 2.21. The van der Waals surface area contributed by atoms with Crippen molar-refractivity contribution < 1.29 is 9.47 Å². The van der Waals surface area contributed by atoms with Crippen molar-refractivity contribution in [3.8, 4) is 0 Å². The molecule has 15 heavy (non-hydrogen) atoms. The summed E-state index contributed by atoms with van der Waals surface area (Å²) in [7, 11) is 1.68. The van der Waals surface area contributed by atoms with Crippen molar-refractivity contribution in [1.29, 1.82) is 0 Å². The maximum atomic E-state index is 5.53. The summed E-state index contributed by atoms with van der Waals surface area (Å²) in [5.74, 6) is 0.419. The molecule has 0 fully saturated rings. The van der Waals surface area contributed by atoms with E-state index in [4.69, 9.17) is 9.47 Å². The van der Waals surface area contributed by atoms with Crippen molar-refractivity contribution in [1.82, 2.24) is 0 Å². The molecule has 1 aromatic carbocycles. The monoisotopic (exact) mass is 272 g/mol. The van der Waals surface area contributed by atoms with Gasteiger partial charge in [-0.25, -0.2) is 0 Å². The molecule has 0 radical (unpaired) electrons. The lowest BCUT2D eigenvalue weighted by atomic mass is 10.0. The second kappa shape index (κ2) is 7.85. The van der Waals surface area contributed by atoms with Crippen molar-refractivity contribution in [2.45, 2.75) is 5.92 Å². The molecule has 0 saturated heterocycles. The van der Waals surface area contributed by atoms with Crippen molar-refractivity contribution in [2.24, 2.45) is 0 Å². The number of rotatable bonds is 7. The average molecular weight is 273 g/mol. The molecule has 0 aliphatic heterocycles. The molecule has 84 valence electrons. The Kier molecular flexibility index (Phi) is 6.64. The van der Waals surface area contributed by atoms with Gasteiger partial charge in [0, 0.05) is 18.4 Å². The topological polar surface area (TPSA) is 18.5 Å². The Morgan fingerprint density at radius 1 is 1.20 bits per heavy atom. The zero-order valence-corrected chi connectivity index (χ0v) is 10.6. The average Bonchev–Trinajstić information content (AvgIpc) is 2.30. The minimum atomic E-state index is 0.419. The second-order valence-corrected chi connectivity index (χ2v) is 3.98. The van der Waals surface area contributed by atoms with Crippen LogP contribution in [0.3, 0.4) is 0 Å². The molecule has 0 amide bonds. The standard InChI is InChI=1S/C12H17BrO2/c1-14-7-8-15-10-12(9-13)11-5-3-2-4-6-11/h2-6,12H,7-10H2,1H3. The normalized spacial score (nSPS) is 12.7. The summed E-state index contributed by atoms with van der Waals surface area (Å²) in [5, 5.41) is 0.921. The van der Waals surface area contributed by atoms with Gasteiger partial charge in [0.05, 0.1) is 19.8 Å². The van der Waals surface area contributed by atoms with Gasteiger partial charge < -0.3 is 9.47 Å². The number of benzene rings is 1. The highest BCUT2D eigenvalue weighted by Crippen LogP contribution is 2.18. The first-order chi connectivity index (χ1) is 7.38. The summed E-state index contributed by atoms with van der Waals surface area (Å²) >= 11 is 3.51. The number of hydrogen-bond acceptors (Lipinski definition) is 2. The molecule has 1 aromatic rings. The summed E-state index contributed by atoms with van der Waals surface area (Å²) in [6.07, 6.45) is 0. The molecule has 0 bridgehead atoms.